The van der Waals surface area contributed by atoms with E-state index in [0.29, 0.717) is 30.9 Å². The van der Waals surface area contributed by atoms with Crippen LogP contribution in [0.15, 0.2) is 122 Å². The van der Waals surface area contributed by atoms with E-state index in [9.17, 15) is 9.59 Å². The van der Waals surface area contributed by atoms with Crippen LogP contribution in [0.3, 0.4) is 0 Å². The summed E-state index contributed by atoms with van der Waals surface area (Å²) in [5, 5.41) is 5.27. The van der Waals surface area contributed by atoms with Crippen LogP contribution in [0, 0.1) is 0 Å². The minimum Gasteiger partial charge on any atom is -0.347 e. The molecule has 0 radical (unpaired) electrons. The highest BCUT2D eigenvalue weighted by Gasteiger charge is 2.27. The zero-order valence-corrected chi connectivity index (χ0v) is 22.8. The molecule has 1 N–H and O–H groups in total. The number of rotatable bonds is 5. The van der Waals surface area contributed by atoms with Crippen LogP contribution in [-0.2, 0) is 19.6 Å². The molecule has 3 aromatic heterocycles. The Bertz CT molecular complexity index is 1920. The van der Waals surface area contributed by atoms with E-state index in [1.54, 1.807) is 23.5 Å². The van der Waals surface area contributed by atoms with Gasteiger partial charge in [0.05, 0.1) is 24.3 Å². The van der Waals surface area contributed by atoms with Crippen molar-refractivity contribution in [1.29, 1.82) is 0 Å². The molecule has 7 rings (SSSR count). The third kappa shape index (κ3) is 4.71. The molecule has 0 fully saturated rings. The monoisotopic (exact) mass is 549 g/mol. The van der Waals surface area contributed by atoms with E-state index >= 15 is 0 Å². The molecule has 204 valence electrons. The van der Waals surface area contributed by atoms with Crippen molar-refractivity contribution < 1.29 is 9.59 Å². The first-order chi connectivity index (χ1) is 20.7. The Morgan fingerprint density at radius 1 is 0.786 bits per heavy atom. The summed E-state index contributed by atoms with van der Waals surface area (Å²) in [5.74, 6) is -0.304. The van der Waals surface area contributed by atoms with Gasteiger partial charge in [0.25, 0.3) is 11.8 Å². The summed E-state index contributed by atoms with van der Waals surface area (Å²) in [4.78, 5) is 37.7. The maximum atomic E-state index is 14.0. The summed E-state index contributed by atoms with van der Waals surface area (Å²) in [5.41, 5.74) is 6.55. The largest absolute Gasteiger partial charge is 0.347 e. The van der Waals surface area contributed by atoms with Crippen LogP contribution in [-0.4, -0.2) is 26.3 Å². The molecule has 0 spiro atoms. The molecule has 3 aromatic carbocycles. The molecule has 4 heterocycles. The van der Waals surface area contributed by atoms with E-state index in [4.69, 9.17) is 4.98 Å². The number of nitrogens with one attached hydrogen (secondary N) is 1. The Balaban J connectivity index is 1.17. The molecule has 6 aromatic rings. The van der Waals surface area contributed by atoms with Crippen LogP contribution in [0.5, 0.6) is 0 Å². The highest BCUT2D eigenvalue weighted by atomic mass is 16.2. The number of hydrogen-bond donors (Lipinski definition) is 1. The second kappa shape index (κ2) is 10.8. The number of benzene rings is 3. The number of aromatic nitrogens is 3. The number of pyridine rings is 2. The number of fused-ring (bicyclic) bond motifs is 3. The van der Waals surface area contributed by atoms with Gasteiger partial charge < -0.3 is 14.8 Å². The maximum absolute atomic E-state index is 14.0. The fraction of sp³-hybridized carbons (Fsp3) is 0.0857. The lowest BCUT2D eigenvalue weighted by Gasteiger charge is -2.22. The molecule has 7 heteroatoms. The summed E-state index contributed by atoms with van der Waals surface area (Å²) in [6.45, 7) is 1.22. The third-order valence-corrected chi connectivity index (χ3v) is 7.76. The number of para-hydroxylation sites is 1. The predicted molar refractivity (Wildman–Crippen MR) is 163 cm³/mol. The second-order valence-electron chi connectivity index (χ2n) is 10.3. The summed E-state index contributed by atoms with van der Waals surface area (Å²) < 4.78 is 2.00. The zero-order valence-electron chi connectivity index (χ0n) is 22.8. The minimum atomic E-state index is -0.163. The average Bonchev–Trinajstić information content (AvgIpc) is 3.36. The van der Waals surface area contributed by atoms with Crippen molar-refractivity contribution in [2.45, 2.75) is 19.6 Å². The Morgan fingerprint density at radius 2 is 1.60 bits per heavy atom. The number of nitrogens with zero attached hydrogens (tertiary/aromatic N) is 4. The highest BCUT2D eigenvalue weighted by Crippen LogP contribution is 2.31. The topological polar surface area (TPSA) is 80.1 Å². The van der Waals surface area contributed by atoms with E-state index in [2.05, 4.69) is 34.6 Å². The lowest BCUT2D eigenvalue weighted by atomic mass is 10.0. The molecular formula is C35H27N5O2. The lowest BCUT2D eigenvalue weighted by Crippen LogP contribution is -2.31. The number of amides is 2. The standard InChI is InChI=1S/C35H27N5O2/c41-34(38-20-24-16-18-36-19-17-24)33-15-13-28-23-40(32-11-4-2-7-27(32)22-39(28)33)35(42)26-12-14-31(37-21-26)30-10-5-8-25-6-1-3-9-29(25)30/h1-19,21H,20,22-23H2,(H,38,41). The van der Waals surface area contributed by atoms with Gasteiger partial charge in [-0.1, -0.05) is 60.7 Å². The van der Waals surface area contributed by atoms with Gasteiger partial charge in [-0.15, -0.1) is 0 Å². The van der Waals surface area contributed by atoms with E-state index in [1.807, 2.05) is 83.4 Å². The van der Waals surface area contributed by atoms with Crippen LogP contribution in [0.2, 0.25) is 0 Å². The predicted octanol–water partition coefficient (Wildman–Crippen LogP) is 6.24. The average molecular weight is 550 g/mol. The van der Waals surface area contributed by atoms with Gasteiger partial charge >= 0.3 is 0 Å². The Kier molecular flexibility index (Phi) is 6.52. The molecule has 0 bridgehead atoms. The molecule has 0 saturated carbocycles. The van der Waals surface area contributed by atoms with E-state index in [0.717, 1.165) is 44.5 Å². The van der Waals surface area contributed by atoms with E-state index in [1.165, 1.54) is 0 Å². The fourth-order valence-electron chi connectivity index (χ4n) is 5.60. The van der Waals surface area contributed by atoms with Crippen molar-refractivity contribution >= 4 is 28.3 Å². The molecule has 0 aliphatic carbocycles. The molecule has 2 amide bonds. The van der Waals surface area contributed by atoms with E-state index in [-0.39, 0.29) is 11.8 Å². The Hall–Kier alpha value is -5.56. The van der Waals surface area contributed by atoms with Gasteiger partial charge in [-0.25, -0.2) is 0 Å². The van der Waals surface area contributed by atoms with Gasteiger partial charge in [-0.05, 0) is 64.4 Å². The summed E-state index contributed by atoms with van der Waals surface area (Å²) in [6.07, 6.45) is 5.07. The second-order valence-corrected chi connectivity index (χ2v) is 10.3. The van der Waals surface area contributed by atoms with E-state index < -0.39 is 0 Å². The van der Waals surface area contributed by atoms with Crippen molar-refractivity contribution in [1.82, 2.24) is 19.9 Å². The van der Waals surface area contributed by atoms with Gasteiger partial charge in [0.1, 0.15) is 5.69 Å². The van der Waals surface area contributed by atoms with Crippen molar-refractivity contribution in [2.75, 3.05) is 4.90 Å². The molecular weight excluding hydrogens is 522 g/mol. The number of anilines is 1. The molecule has 1 aliphatic heterocycles. The van der Waals surface area contributed by atoms with Gasteiger partial charge in [0.2, 0.25) is 0 Å². The van der Waals surface area contributed by atoms with Gasteiger partial charge in [0, 0.05) is 42.1 Å². The van der Waals surface area contributed by atoms with Gasteiger partial charge in [-0.3, -0.25) is 19.6 Å². The molecule has 42 heavy (non-hydrogen) atoms. The zero-order chi connectivity index (χ0) is 28.5. The van der Waals surface area contributed by atoms with Crippen LogP contribution in [0.1, 0.15) is 37.7 Å². The summed E-state index contributed by atoms with van der Waals surface area (Å²) >= 11 is 0. The first-order valence-corrected chi connectivity index (χ1v) is 13.9. The highest BCUT2D eigenvalue weighted by molar-refractivity contribution is 6.07. The van der Waals surface area contributed by atoms with Crippen molar-refractivity contribution in [3.05, 3.63) is 150 Å². The summed E-state index contributed by atoms with van der Waals surface area (Å²) in [7, 11) is 0. The molecule has 0 saturated heterocycles. The molecule has 0 unspecified atom stereocenters. The van der Waals surface area contributed by atoms with Crippen molar-refractivity contribution in [2.24, 2.45) is 0 Å². The third-order valence-electron chi connectivity index (χ3n) is 7.76. The first kappa shape index (κ1) is 25.4. The quantitative estimate of drug-likeness (QED) is 0.276. The SMILES string of the molecule is O=C(NCc1ccncc1)c1ccc2n1Cc1ccccc1N(C(=O)c1ccc(-c3cccc4ccccc34)nc1)C2. The maximum Gasteiger partial charge on any atom is 0.268 e. The molecule has 7 nitrogen and oxygen atoms in total. The smallest absolute Gasteiger partial charge is 0.268 e. The first-order valence-electron chi connectivity index (χ1n) is 13.9. The number of hydrogen-bond acceptors (Lipinski definition) is 4. The molecule has 1 aliphatic rings. The van der Waals surface area contributed by atoms with Crippen LogP contribution < -0.4 is 10.2 Å². The van der Waals surface area contributed by atoms with Crippen LogP contribution in [0.4, 0.5) is 5.69 Å². The Morgan fingerprint density at radius 3 is 2.45 bits per heavy atom. The molecule has 0 atom stereocenters. The van der Waals surface area contributed by atoms with Gasteiger partial charge in [-0.2, -0.15) is 0 Å². The normalized spacial score (nSPS) is 12.3. The number of carbonyl (C=O) groups is 2. The number of carbonyl (C=O) groups excluding carboxylic acids is 2. The fourth-order valence-corrected chi connectivity index (χ4v) is 5.60. The Labute approximate surface area is 243 Å². The van der Waals surface area contributed by atoms with Crippen LogP contribution >= 0.6 is 0 Å². The minimum absolute atomic E-state index is 0.141. The van der Waals surface area contributed by atoms with Crippen molar-refractivity contribution in [3.63, 3.8) is 0 Å². The van der Waals surface area contributed by atoms with Crippen molar-refractivity contribution in [3.8, 4) is 11.3 Å². The van der Waals surface area contributed by atoms with Gasteiger partial charge in [0.15, 0.2) is 0 Å². The summed E-state index contributed by atoms with van der Waals surface area (Å²) in [6, 6.07) is 33.5. The van der Waals surface area contributed by atoms with Crippen LogP contribution in [0.25, 0.3) is 22.0 Å². The lowest BCUT2D eigenvalue weighted by molar-refractivity contribution is 0.0941.